The van der Waals surface area contributed by atoms with Gasteiger partial charge in [-0.05, 0) is 30.7 Å². The van der Waals surface area contributed by atoms with Crippen molar-refractivity contribution in [1.29, 1.82) is 0 Å². The smallest absolute Gasteiger partial charge is 0.143 e. The van der Waals surface area contributed by atoms with Crippen LogP contribution in [0.25, 0.3) is 22.4 Å². The maximum absolute atomic E-state index is 6.14. The third-order valence-corrected chi connectivity index (χ3v) is 3.50. The van der Waals surface area contributed by atoms with Crippen molar-refractivity contribution in [3.63, 3.8) is 0 Å². The van der Waals surface area contributed by atoms with Crippen LogP contribution in [0.4, 0.5) is 5.69 Å². The second-order valence-corrected chi connectivity index (χ2v) is 4.90. The summed E-state index contributed by atoms with van der Waals surface area (Å²) in [7, 11) is 1.65. The van der Waals surface area contributed by atoms with Gasteiger partial charge in [-0.25, -0.2) is 4.98 Å². The highest BCUT2D eigenvalue weighted by molar-refractivity contribution is 5.83. The number of fused-ring (bicyclic) bond motifs is 1. The zero-order chi connectivity index (χ0) is 14.8. The predicted octanol–water partition coefficient (Wildman–Crippen LogP) is 3.10. The lowest BCUT2D eigenvalue weighted by Crippen LogP contribution is -2.02. The zero-order valence-electron chi connectivity index (χ0n) is 12.2. The van der Waals surface area contributed by atoms with Crippen LogP contribution in [0.2, 0.25) is 0 Å². The van der Waals surface area contributed by atoms with Crippen molar-refractivity contribution >= 4 is 16.7 Å². The van der Waals surface area contributed by atoms with Gasteiger partial charge in [0.05, 0.1) is 18.8 Å². The van der Waals surface area contributed by atoms with E-state index in [1.54, 1.807) is 19.5 Å². The Kier molecular flexibility index (Phi) is 3.48. The van der Waals surface area contributed by atoms with Gasteiger partial charge in [0.25, 0.3) is 0 Å². The first-order valence-electron chi connectivity index (χ1n) is 6.98. The third-order valence-electron chi connectivity index (χ3n) is 3.50. The molecule has 0 fully saturated rings. The van der Waals surface area contributed by atoms with Gasteiger partial charge in [-0.1, -0.05) is 6.92 Å². The van der Waals surface area contributed by atoms with Crippen molar-refractivity contribution in [3.05, 3.63) is 36.7 Å². The Morgan fingerprint density at radius 3 is 2.90 bits per heavy atom. The Bertz CT molecular complexity index is 779. The lowest BCUT2D eigenvalue weighted by Gasteiger charge is -2.11. The van der Waals surface area contributed by atoms with Crippen LogP contribution >= 0.6 is 0 Å². The average Bonchev–Trinajstić information content (AvgIpc) is 2.87. The molecule has 0 aliphatic carbocycles. The number of aryl methyl sites for hydroxylation is 1. The van der Waals surface area contributed by atoms with Gasteiger partial charge in [0.2, 0.25) is 0 Å². The van der Waals surface area contributed by atoms with Crippen LogP contribution in [0.15, 0.2) is 36.7 Å². The SMILES string of the molecule is CCCn1c(-c2cc(OC)ccc2N)nc2cnccc21. The van der Waals surface area contributed by atoms with Gasteiger partial charge in [0.15, 0.2) is 0 Å². The fraction of sp³-hybridized carbons (Fsp3) is 0.250. The molecule has 0 spiro atoms. The second kappa shape index (κ2) is 5.44. The number of aromatic nitrogens is 3. The summed E-state index contributed by atoms with van der Waals surface area (Å²) in [5, 5.41) is 0. The van der Waals surface area contributed by atoms with E-state index in [0.29, 0.717) is 5.69 Å². The van der Waals surface area contributed by atoms with E-state index in [0.717, 1.165) is 41.1 Å². The van der Waals surface area contributed by atoms with E-state index in [1.807, 2.05) is 24.3 Å². The van der Waals surface area contributed by atoms with Crippen LogP contribution in [-0.2, 0) is 6.54 Å². The molecule has 0 aliphatic rings. The number of rotatable bonds is 4. The van der Waals surface area contributed by atoms with E-state index < -0.39 is 0 Å². The Hall–Kier alpha value is -2.56. The van der Waals surface area contributed by atoms with Gasteiger partial charge in [-0.3, -0.25) is 4.98 Å². The van der Waals surface area contributed by atoms with E-state index in [9.17, 15) is 0 Å². The molecular weight excluding hydrogens is 264 g/mol. The Balaban J connectivity index is 2.26. The number of benzene rings is 1. The number of anilines is 1. The molecule has 1 aromatic carbocycles. The zero-order valence-corrected chi connectivity index (χ0v) is 12.2. The minimum atomic E-state index is 0.691. The molecule has 2 aromatic heterocycles. The normalized spacial score (nSPS) is 11.0. The maximum Gasteiger partial charge on any atom is 0.143 e. The van der Waals surface area contributed by atoms with Crippen LogP contribution in [0.3, 0.4) is 0 Å². The quantitative estimate of drug-likeness (QED) is 0.747. The van der Waals surface area contributed by atoms with E-state index in [1.165, 1.54) is 0 Å². The topological polar surface area (TPSA) is 66.0 Å². The largest absolute Gasteiger partial charge is 0.497 e. The monoisotopic (exact) mass is 282 g/mol. The number of nitrogens with two attached hydrogens (primary N) is 1. The summed E-state index contributed by atoms with van der Waals surface area (Å²) in [6.45, 7) is 3.03. The van der Waals surface area contributed by atoms with Crippen molar-refractivity contribution < 1.29 is 4.74 Å². The number of methoxy groups -OCH3 is 1. The predicted molar refractivity (Wildman–Crippen MR) is 84.2 cm³/mol. The molecule has 0 amide bonds. The van der Waals surface area contributed by atoms with Gasteiger partial charge in [-0.2, -0.15) is 0 Å². The van der Waals surface area contributed by atoms with Gasteiger partial charge in [0, 0.05) is 24.0 Å². The van der Waals surface area contributed by atoms with Crippen molar-refractivity contribution in [3.8, 4) is 17.1 Å². The summed E-state index contributed by atoms with van der Waals surface area (Å²) in [4.78, 5) is 8.85. The second-order valence-electron chi connectivity index (χ2n) is 4.90. The van der Waals surface area contributed by atoms with E-state index >= 15 is 0 Å². The standard InChI is InChI=1S/C16H18N4O/c1-3-8-20-15-6-7-18-10-14(15)19-16(20)12-9-11(21-2)4-5-13(12)17/h4-7,9-10H,3,8,17H2,1-2H3. The van der Waals surface area contributed by atoms with Gasteiger partial charge in [0.1, 0.15) is 17.1 Å². The number of pyridine rings is 1. The summed E-state index contributed by atoms with van der Waals surface area (Å²) in [5.41, 5.74) is 9.67. The minimum absolute atomic E-state index is 0.691. The van der Waals surface area contributed by atoms with Crippen molar-refractivity contribution in [2.24, 2.45) is 0 Å². The molecule has 0 atom stereocenters. The Morgan fingerprint density at radius 1 is 1.29 bits per heavy atom. The average molecular weight is 282 g/mol. The molecule has 0 saturated carbocycles. The highest BCUT2D eigenvalue weighted by Gasteiger charge is 2.15. The van der Waals surface area contributed by atoms with E-state index in [2.05, 4.69) is 16.5 Å². The molecular formula is C16H18N4O. The maximum atomic E-state index is 6.14. The molecule has 3 aromatic rings. The molecule has 0 saturated heterocycles. The van der Waals surface area contributed by atoms with Crippen molar-refractivity contribution in [2.45, 2.75) is 19.9 Å². The Labute approximate surface area is 123 Å². The summed E-state index contributed by atoms with van der Waals surface area (Å²) >= 11 is 0. The first-order valence-corrected chi connectivity index (χ1v) is 6.98. The van der Waals surface area contributed by atoms with Crippen LogP contribution in [0.1, 0.15) is 13.3 Å². The van der Waals surface area contributed by atoms with E-state index in [-0.39, 0.29) is 0 Å². The molecule has 5 nitrogen and oxygen atoms in total. The number of nitrogens with zero attached hydrogens (tertiary/aromatic N) is 3. The van der Waals surface area contributed by atoms with Crippen molar-refractivity contribution in [1.82, 2.24) is 14.5 Å². The first-order chi connectivity index (χ1) is 10.2. The molecule has 5 heteroatoms. The number of hydrogen-bond donors (Lipinski definition) is 1. The molecule has 0 aliphatic heterocycles. The molecule has 3 rings (SSSR count). The number of ether oxygens (including phenoxy) is 1. The van der Waals surface area contributed by atoms with Crippen molar-refractivity contribution in [2.75, 3.05) is 12.8 Å². The molecule has 2 heterocycles. The van der Waals surface area contributed by atoms with Crippen LogP contribution in [-0.4, -0.2) is 21.6 Å². The fourth-order valence-corrected chi connectivity index (χ4v) is 2.49. The lowest BCUT2D eigenvalue weighted by molar-refractivity contribution is 0.415. The number of imidazole rings is 1. The van der Waals surface area contributed by atoms with Crippen LogP contribution in [0, 0.1) is 0 Å². The van der Waals surface area contributed by atoms with Gasteiger partial charge < -0.3 is 15.0 Å². The molecule has 0 bridgehead atoms. The minimum Gasteiger partial charge on any atom is -0.497 e. The molecule has 21 heavy (non-hydrogen) atoms. The highest BCUT2D eigenvalue weighted by Crippen LogP contribution is 2.31. The first kappa shape index (κ1) is 13.4. The van der Waals surface area contributed by atoms with E-state index in [4.69, 9.17) is 15.5 Å². The third kappa shape index (κ3) is 2.31. The van der Waals surface area contributed by atoms with Gasteiger partial charge >= 0.3 is 0 Å². The molecule has 108 valence electrons. The van der Waals surface area contributed by atoms with Crippen LogP contribution in [0.5, 0.6) is 5.75 Å². The number of hydrogen-bond acceptors (Lipinski definition) is 4. The molecule has 2 N–H and O–H groups in total. The number of nitrogen functional groups attached to an aromatic ring is 1. The lowest BCUT2D eigenvalue weighted by atomic mass is 10.1. The Morgan fingerprint density at radius 2 is 2.14 bits per heavy atom. The summed E-state index contributed by atoms with van der Waals surface area (Å²) in [5.74, 6) is 1.63. The van der Waals surface area contributed by atoms with Gasteiger partial charge in [-0.15, -0.1) is 0 Å². The summed E-state index contributed by atoms with van der Waals surface area (Å²) in [6.07, 6.45) is 4.58. The van der Waals surface area contributed by atoms with Crippen LogP contribution < -0.4 is 10.5 Å². The fourth-order valence-electron chi connectivity index (χ4n) is 2.49. The summed E-state index contributed by atoms with van der Waals surface area (Å²) < 4.78 is 7.48. The highest BCUT2D eigenvalue weighted by atomic mass is 16.5. The molecule has 0 unspecified atom stereocenters. The molecule has 0 radical (unpaired) electrons. The summed E-state index contributed by atoms with van der Waals surface area (Å²) in [6, 6.07) is 7.61.